The highest BCUT2D eigenvalue weighted by Gasteiger charge is 2.04. The van der Waals surface area contributed by atoms with Crippen LogP contribution < -0.4 is 9.47 Å². The Balaban J connectivity index is 1.76. The first-order valence-electron chi connectivity index (χ1n) is 7.10. The van der Waals surface area contributed by atoms with E-state index >= 15 is 0 Å². The molecule has 1 heterocycles. The predicted molar refractivity (Wildman–Crippen MR) is 86.7 cm³/mol. The fraction of sp³-hybridized carbons (Fsp3) is 0. The minimum Gasteiger partial charge on any atom is -0.439 e. The lowest BCUT2D eigenvalue weighted by molar-refractivity contribution is 0.426. The van der Waals surface area contributed by atoms with Crippen molar-refractivity contribution in [2.24, 2.45) is 0 Å². The highest BCUT2D eigenvalue weighted by molar-refractivity contribution is 5.39. The summed E-state index contributed by atoms with van der Waals surface area (Å²) in [7, 11) is 0. The molecule has 24 heavy (non-hydrogen) atoms. The number of rotatable bonds is 4. The largest absolute Gasteiger partial charge is 0.439 e. The number of pyridine rings is 1. The van der Waals surface area contributed by atoms with Gasteiger partial charge in [-0.1, -0.05) is 12.1 Å². The molecule has 0 N–H and O–H groups in total. The lowest BCUT2D eigenvalue weighted by atomic mass is 10.2. The van der Waals surface area contributed by atoms with E-state index in [-0.39, 0.29) is 0 Å². The summed E-state index contributed by atoms with van der Waals surface area (Å²) >= 11 is 0. The molecule has 3 rings (SSSR count). The molecule has 0 fully saturated rings. The van der Waals surface area contributed by atoms with E-state index in [9.17, 15) is 0 Å². The molecule has 5 nitrogen and oxygen atoms in total. The molecule has 2 aromatic carbocycles. The topological polar surface area (TPSA) is 78.9 Å². The summed E-state index contributed by atoms with van der Waals surface area (Å²) in [5, 5.41) is 17.7. The third-order valence-electron chi connectivity index (χ3n) is 3.09. The number of nitriles is 2. The third kappa shape index (κ3) is 3.68. The third-order valence-corrected chi connectivity index (χ3v) is 3.09. The maximum absolute atomic E-state index is 8.91. The predicted octanol–water partition coefficient (Wildman–Crippen LogP) is 4.41. The summed E-state index contributed by atoms with van der Waals surface area (Å²) in [5.41, 5.74) is 1.07. The van der Waals surface area contributed by atoms with E-state index in [2.05, 4.69) is 11.1 Å². The van der Waals surface area contributed by atoms with Crippen LogP contribution in [0.3, 0.4) is 0 Å². The Morgan fingerprint density at radius 1 is 0.667 bits per heavy atom. The van der Waals surface area contributed by atoms with Crippen LogP contribution >= 0.6 is 0 Å². The van der Waals surface area contributed by atoms with Gasteiger partial charge in [0.15, 0.2) is 0 Å². The van der Waals surface area contributed by atoms with E-state index in [1.165, 1.54) is 0 Å². The van der Waals surface area contributed by atoms with E-state index in [1.807, 2.05) is 6.07 Å². The smallest absolute Gasteiger partial charge is 0.222 e. The van der Waals surface area contributed by atoms with Crippen molar-refractivity contribution >= 4 is 0 Å². The van der Waals surface area contributed by atoms with Gasteiger partial charge >= 0.3 is 0 Å². The van der Waals surface area contributed by atoms with Crippen molar-refractivity contribution in [1.29, 1.82) is 10.5 Å². The Hall–Kier alpha value is -3.83. The lowest BCUT2D eigenvalue weighted by Crippen LogP contribution is -1.92. The van der Waals surface area contributed by atoms with Crippen molar-refractivity contribution in [1.82, 2.24) is 4.98 Å². The Morgan fingerprint density at radius 2 is 1.29 bits per heavy atom. The molecule has 0 saturated heterocycles. The molecule has 1 aromatic heterocycles. The summed E-state index contributed by atoms with van der Waals surface area (Å²) < 4.78 is 11.3. The summed E-state index contributed by atoms with van der Waals surface area (Å²) in [6, 6.07) is 22.8. The van der Waals surface area contributed by atoms with E-state index < -0.39 is 0 Å². The molecule has 0 saturated carbocycles. The monoisotopic (exact) mass is 313 g/mol. The van der Waals surface area contributed by atoms with Crippen molar-refractivity contribution in [2.75, 3.05) is 0 Å². The summed E-state index contributed by atoms with van der Waals surface area (Å²) in [6.45, 7) is 0. The van der Waals surface area contributed by atoms with Crippen molar-refractivity contribution in [3.8, 4) is 35.4 Å². The molecule has 0 spiro atoms. The normalized spacial score (nSPS) is 9.58. The first-order valence-corrected chi connectivity index (χ1v) is 7.10. The molecule has 0 radical (unpaired) electrons. The molecule has 114 valence electrons. The molecule has 5 heteroatoms. The average Bonchev–Trinajstić information content (AvgIpc) is 2.63. The van der Waals surface area contributed by atoms with Gasteiger partial charge in [0, 0.05) is 12.1 Å². The van der Waals surface area contributed by atoms with E-state index in [0.29, 0.717) is 34.4 Å². The number of hydrogen-bond donors (Lipinski definition) is 0. The van der Waals surface area contributed by atoms with Gasteiger partial charge in [0.2, 0.25) is 11.8 Å². The van der Waals surface area contributed by atoms with E-state index in [4.69, 9.17) is 20.0 Å². The Bertz CT molecular complexity index is 938. The van der Waals surface area contributed by atoms with Crippen LogP contribution in [0.25, 0.3) is 0 Å². The van der Waals surface area contributed by atoms with Crippen molar-refractivity contribution in [3.63, 3.8) is 0 Å². The molecule has 3 aromatic rings. The van der Waals surface area contributed by atoms with Crippen LogP contribution in [0.1, 0.15) is 11.1 Å². The molecule has 0 unspecified atom stereocenters. The minimum absolute atomic E-state index is 0.358. The Morgan fingerprint density at radius 3 is 1.96 bits per heavy atom. The highest BCUT2D eigenvalue weighted by atomic mass is 16.5. The zero-order chi connectivity index (χ0) is 16.8. The fourth-order valence-electron chi connectivity index (χ4n) is 1.98. The summed E-state index contributed by atoms with van der Waals surface area (Å²) in [6.07, 6.45) is 0. The standard InChI is InChI=1S/C19H11N3O2/c20-12-14-7-9-16(10-8-14)23-18-5-2-6-19(22-18)24-17-4-1-3-15(11-17)13-21/h1-11H. The van der Waals surface area contributed by atoms with Crippen molar-refractivity contribution in [3.05, 3.63) is 77.9 Å². The van der Waals surface area contributed by atoms with Gasteiger partial charge in [-0.25, -0.2) is 0 Å². The molecule has 0 aliphatic carbocycles. The molecule has 0 aliphatic rings. The van der Waals surface area contributed by atoms with Gasteiger partial charge in [-0.15, -0.1) is 0 Å². The summed E-state index contributed by atoms with van der Waals surface area (Å²) in [4.78, 5) is 4.27. The minimum atomic E-state index is 0.358. The quantitative estimate of drug-likeness (QED) is 0.712. The zero-order valence-electron chi connectivity index (χ0n) is 12.5. The van der Waals surface area contributed by atoms with Gasteiger partial charge in [-0.3, -0.25) is 0 Å². The second-order valence-corrected chi connectivity index (χ2v) is 4.79. The molecular weight excluding hydrogens is 302 g/mol. The van der Waals surface area contributed by atoms with Gasteiger partial charge in [0.25, 0.3) is 0 Å². The average molecular weight is 313 g/mol. The number of benzene rings is 2. The fourth-order valence-corrected chi connectivity index (χ4v) is 1.98. The maximum Gasteiger partial charge on any atom is 0.222 e. The Labute approximate surface area is 139 Å². The summed E-state index contributed by atoms with van der Waals surface area (Å²) in [5.74, 6) is 1.83. The maximum atomic E-state index is 8.91. The van der Waals surface area contributed by atoms with Crippen LogP contribution in [0.5, 0.6) is 23.3 Å². The van der Waals surface area contributed by atoms with Gasteiger partial charge in [-0.05, 0) is 42.5 Å². The van der Waals surface area contributed by atoms with Crippen molar-refractivity contribution < 1.29 is 9.47 Å². The van der Waals surface area contributed by atoms with Crippen LogP contribution in [0, 0.1) is 22.7 Å². The first-order chi connectivity index (χ1) is 11.8. The van der Waals surface area contributed by atoms with Gasteiger partial charge in [-0.2, -0.15) is 15.5 Å². The van der Waals surface area contributed by atoms with Crippen LogP contribution in [0.15, 0.2) is 66.7 Å². The number of ether oxygens (including phenoxy) is 2. The molecule has 0 aliphatic heterocycles. The van der Waals surface area contributed by atoms with Gasteiger partial charge in [0.1, 0.15) is 11.5 Å². The van der Waals surface area contributed by atoms with Crippen LogP contribution in [-0.2, 0) is 0 Å². The molecule has 0 amide bonds. The second-order valence-electron chi connectivity index (χ2n) is 4.79. The van der Waals surface area contributed by atoms with Gasteiger partial charge in [0.05, 0.1) is 23.3 Å². The SMILES string of the molecule is N#Cc1ccc(Oc2cccc(Oc3cccc(C#N)c3)n2)cc1. The van der Waals surface area contributed by atoms with Crippen LogP contribution in [-0.4, -0.2) is 4.98 Å². The number of aromatic nitrogens is 1. The zero-order valence-corrected chi connectivity index (χ0v) is 12.5. The molecular formula is C19H11N3O2. The van der Waals surface area contributed by atoms with Crippen LogP contribution in [0.4, 0.5) is 0 Å². The lowest BCUT2D eigenvalue weighted by Gasteiger charge is -2.08. The molecule has 0 bridgehead atoms. The van der Waals surface area contributed by atoms with E-state index in [1.54, 1.807) is 66.7 Å². The molecule has 0 atom stereocenters. The Kier molecular flexibility index (Phi) is 4.37. The highest BCUT2D eigenvalue weighted by Crippen LogP contribution is 2.25. The second kappa shape index (κ2) is 6.95. The first kappa shape index (κ1) is 15.1. The van der Waals surface area contributed by atoms with E-state index in [0.717, 1.165) is 0 Å². The number of nitrogens with zero attached hydrogens (tertiary/aromatic N) is 3. The number of hydrogen-bond acceptors (Lipinski definition) is 5. The van der Waals surface area contributed by atoms with Crippen LogP contribution in [0.2, 0.25) is 0 Å². The van der Waals surface area contributed by atoms with Crippen molar-refractivity contribution in [2.45, 2.75) is 0 Å². The van der Waals surface area contributed by atoms with Gasteiger partial charge < -0.3 is 9.47 Å².